The van der Waals surface area contributed by atoms with Crippen LogP contribution in [0.2, 0.25) is 5.02 Å². The van der Waals surface area contributed by atoms with Crippen molar-refractivity contribution < 1.29 is 18.3 Å². The minimum atomic E-state index is -4.46. The number of hydrazone groups is 1. The average Bonchev–Trinajstić information content (AvgIpc) is 2.43. The molecule has 0 saturated carbocycles. The molecule has 0 unspecified atom stereocenters. The molecule has 0 aliphatic heterocycles. The van der Waals surface area contributed by atoms with Crippen LogP contribution in [0.15, 0.2) is 46.0 Å². The lowest BCUT2D eigenvalue weighted by Gasteiger charge is -2.09. The van der Waals surface area contributed by atoms with E-state index in [2.05, 4.69) is 26.5 Å². The lowest BCUT2D eigenvalue weighted by molar-refractivity contribution is -0.137. The third-order valence-electron chi connectivity index (χ3n) is 2.67. The molecule has 116 valence electrons. The zero-order valence-electron chi connectivity index (χ0n) is 10.8. The zero-order valence-corrected chi connectivity index (χ0v) is 13.2. The van der Waals surface area contributed by atoms with Gasteiger partial charge >= 0.3 is 6.18 Å². The number of hydrogen-bond acceptors (Lipinski definition) is 3. The van der Waals surface area contributed by atoms with Crippen molar-refractivity contribution in [3.63, 3.8) is 0 Å². The summed E-state index contributed by atoms with van der Waals surface area (Å²) in [5, 5.41) is 13.5. The highest BCUT2D eigenvalue weighted by Gasteiger charge is 2.30. The van der Waals surface area contributed by atoms with Gasteiger partial charge in [0.05, 0.1) is 22.5 Å². The van der Waals surface area contributed by atoms with Gasteiger partial charge in [-0.2, -0.15) is 18.3 Å². The van der Waals surface area contributed by atoms with E-state index < -0.39 is 11.7 Å². The van der Waals surface area contributed by atoms with Crippen LogP contribution in [0.5, 0.6) is 5.75 Å². The molecule has 0 fully saturated rings. The van der Waals surface area contributed by atoms with Crippen molar-refractivity contribution in [1.82, 2.24) is 0 Å². The summed E-state index contributed by atoms with van der Waals surface area (Å²) in [6.07, 6.45) is -3.19. The molecule has 2 aromatic rings. The molecule has 0 atom stereocenters. The van der Waals surface area contributed by atoms with E-state index in [0.29, 0.717) is 5.56 Å². The molecule has 22 heavy (non-hydrogen) atoms. The molecule has 0 amide bonds. The molecular formula is C14H9BrClF3N2O. The summed E-state index contributed by atoms with van der Waals surface area (Å²) in [5.41, 5.74) is 2.01. The standard InChI is InChI=1S/C14H9BrClF3N2O/c15-10-2-4-13(22)8(5-10)7-20-21-12-6-9(14(17,18)19)1-3-11(12)16/h1-7,21-22H/b20-7+. The van der Waals surface area contributed by atoms with Crippen LogP contribution in [0.1, 0.15) is 11.1 Å². The Hall–Kier alpha value is -1.73. The highest BCUT2D eigenvalue weighted by Crippen LogP contribution is 2.33. The normalized spacial score (nSPS) is 11.9. The number of phenolic OH excluding ortho intramolecular Hbond substituents is 1. The molecule has 3 nitrogen and oxygen atoms in total. The SMILES string of the molecule is Oc1ccc(Br)cc1/C=N/Nc1cc(C(F)(F)F)ccc1Cl. The van der Waals surface area contributed by atoms with Crippen molar-refractivity contribution in [2.24, 2.45) is 5.10 Å². The van der Waals surface area contributed by atoms with Gasteiger partial charge in [-0.1, -0.05) is 27.5 Å². The Morgan fingerprint density at radius 2 is 1.91 bits per heavy atom. The summed E-state index contributed by atoms with van der Waals surface area (Å²) in [7, 11) is 0. The highest BCUT2D eigenvalue weighted by atomic mass is 79.9. The molecule has 0 aliphatic carbocycles. The zero-order chi connectivity index (χ0) is 16.3. The van der Waals surface area contributed by atoms with Gasteiger partial charge < -0.3 is 5.11 Å². The van der Waals surface area contributed by atoms with Crippen molar-refractivity contribution in [3.05, 3.63) is 57.0 Å². The van der Waals surface area contributed by atoms with E-state index in [0.717, 1.165) is 22.7 Å². The smallest absolute Gasteiger partial charge is 0.416 e. The van der Waals surface area contributed by atoms with Crippen LogP contribution in [0.25, 0.3) is 0 Å². The number of nitrogens with zero attached hydrogens (tertiary/aromatic N) is 1. The Kier molecular flexibility index (Phi) is 4.97. The number of phenols is 1. The van der Waals surface area contributed by atoms with Crippen LogP contribution in [-0.4, -0.2) is 11.3 Å². The van der Waals surface area contributed by atoms with Crippen molar-refractivity contribution in [2.75, 3.05) is 5.43 Å². The number of halogens is 5. The maximum atomic E-state index is 12.6. The summed E-state index contributed by atoms with van der Waals surface area (Å²) in [6, 6.07) is 7.59. The lowest BCUT2D eigenvalue weighted by atomic mass is 10.2. The summed E-state index contributed by atoms with van der Waals surface area (Å²) in [6.45, 7) is 0. The minimum absolute atomic E-state index is 0.0103. The summed E-state index contributed by atoms with van der Waals surface area (Å²) < 4.78 is 38.6. The molecule has 8 heteroatoms. The van der Waals surface area contributed by atoms with E-state index in [-0.39, 0.29) is 16.5 Å². The minimum Gasteiger partial charge on any atom is -0.507 e. The fourth-order valence-electron chi connectivity index (χ4n) is 1.59. The number of anilines is 1. The van der Waals surface area contributed by atoms with Gasteiger partial charge in [0.25, 0.3) is 0 Å². The number of hydrogen-bond donors (Lipinski definition) is 2. The average molecular weight is 394 g/mol. The number of benzene rings is 2. The molecule has 2 rings (SSSR count). The second-order valence-electron chi connectivity index (χ2n) is 4.27. The topological polar surface area (TPSA) is 44.6 Å². The summed E-state index contributed by atoms with van der Waals surface area (Å²) >= 11 is 9.06. The van der Waals surface area contributed by atoms with E-state index in [1.807, 2.05) is 0 Å². The molecule has 0 saturated heterocycles. The Balaban J connectivity index is 2.21. The molecular weight excluding hydrogens is 385 g/mol. The summed E-state index contributed by atoms with van der Waals surface area (Å²) in [4.78, 5) is 0. The summed E-state index contributed by atoms with van der Waals surface area (Å²) in [5.74, 6) is -0.0103. The van der Waals surface area contributed by atoms with E-state index in [4.69, 9.17) is 11.6 Å². The Bertz CT molecular complexity index is 720. The van der Waals surface area contributed by atoms with Crippen molar-refractivity contribution >= 4 is 39.4 Å². The Morgan fingerprint density at radius 3 is 2.59 bits per heavy atom. The van der Waals surface area contributed by atoms with Gasteiger partial charge in [-0.05, 0) is 36.4 Å². The van der Waals surface area contributed by atoms with Gasteiger partial charge in [0.15, 0.2) is 0 Å². The van der Waals surface area contributed by atoms with Gasteiger partial charge in [-0.3, -0.25) is 5.43 Å². The molecule has 0 aromatic heterocycles. The van der Waals surface area contributed by atoms with Crippen LogP contribution in [0.3, 0.4) is 0 Å². The van der Waals surface area contributed by atoms with Gasteiger partial charge in [-0.15, -0.1) is 0 Å². The first-order valence-corrected chi connectivity index (χ1v) is 7.09. The van der Waals surface area contributed by atoms with Crippen molar-refractivity contribution in [1.29, 1.82) is 0 Å². The van der Waals surface area contributed by atoms with E-state index in [9.17, 15) is 18.3 Å². The first-order chi connectivity index (χ1) is 10.3. The van der Waals surface area contributed by atoms with Crippen LogP contribution >= 0.6 is 27.5 Å². The first kappa shape index (κ1) is 16.6. The van der Waals surface area contributed by atoms with Gasteiger partial charge in [0.2, 0.25) is 0 Å². The van der Waals surface area contributed by atoms with E-state index in [1.54, 1.807) is 12.1 Å². The van der Waals surface area contributed by atoms with Crippen LogP contribution in [-0.2, 0) is 6.18 Å². The number of aromatic hydroxyl groups is 1. The molecule has 2 aromatic carbocycles. The highest BCUT2D eigenvalue weighted by molar-refractivity contribution is 9.10. The van der Waals surface area contributed by atoms with Gasteiger partial charge in [0.1, 0.15) is 5.75 Å². The van der Waals surface area contributed by atoms with Crippen molar-refractivity contribution in [3.8, 4) is 5.75 Å². The molecule has 0 aliphatic rings. The van der Waals surface area contributed by atoms with Gasteiger partial charge in [-0.25, -0.2) is 0 Å². The number of nitrogens with one attached hydrogen (secondary N) is 1. The molecule has 0 radical (unpaired) electrons. The Morgan fingerprint density at radius 1 is 1.18 bits per heavy atom. The second-order valence-corrected chi connectivity index (χ2v) is 5.59. The number of alkyl halides is 3. The fraction of sp³-hybridized carbons (Fsp3) is 0.0714. The van der Waals surface area contributed by atoms with Gasteiger partial charge in [0, 0.05) is 10.0 Å². The van der Waals surface area contributed by atoms with Crippen LogP contribution < -0.4 is 5.43 Å². The fourth-order valence-corrected chi connectivity index (χ4v) is 2.13. The molecule has 0 spiro atoms. The molecule has 0 bridgehead atoms. The largest absolute Gasteiger partial charge is 0.507 e. The maximum Gasteiger partial charge on any atom is 0.416 e. The Labute approximate surface area is 137 Å². The third kappa shape index (κ3) is 4.14. The monoisotopic (exact) mass is 392 g/mol. The lowest BCUT2D eigenvalue weighted by Crippen LogP contribution is -2.05. The maximum absolute atomic E-state index is 12.6. The third-order valence-corrected chi connectivity index (χ3v) is 3.49. The quantitative estimate of drug-likeness (QED) is 0.551. The first-order valence-electron chi connectivity index (χ1n) is 5.92. The van der Waals surface area contributed by atoms with Crippen LogP contribution in [0.4, 0.5) is 18.9 Å². The van der Waals surface area contributed by atoms with Crippen molar-refractivity contribution in [2.45, 2.75) is 6.18 Å². The van der Waals surface area contributed by atoms with E-state index >= 15 is 0 Å². The predicted octanol–water partition coefficient (Wildman–Crippen LogP) is 5.27. The molecule has 0 heterocycles. The van der Waals surface area contributed by atoms with E-state index in [1.165, 1.54) is 12.3 Å². The number of rotatable bonds is 3. The molecule has 2 N–H and O–H groups in total. The van der Waals surface area contributed by atoms with Crippen LogP contribution in [0, 0.1) is 0 Å². The predicted molar refractivity (Wildman–Crippen MR) is 83.5 cm³/mol. The second kappa shape index (κ2) is 6.58.